The molecule has 2 aliphatic carbocycles. The fraction of sp³-hybridized carbons (Fsp3) is 0.941. The molecule has 0 saturated heterocycles. The van der Waals surface area contributed by atoms with E-state index in [1.54, 1.807) is 0 Å². The zero-order valence-electron chi connectivity index (χ0n) is 15.0. The number of hydrogen-bond acceptors (Lipinski definition) is 3. The fourth-order valence-corrected chi connectivity index (χ4v) is 5.05. The van der Waals surface area contributed by atoms with Crippen LogP contribution in [-0.4, -0.2) is 51.5 Å². The molecule has 24 heavy (non-hydrogen) atoms. The maximum atomic E-state index is 12.1. The van der Waals surface area contributed by atoms with Gasteiger partial charge in [0, 0.05) is 46.9 Å². The van der Waals surface area contributed by atoms with Gasteiger partial charge in [0.2, 0.25) is 0 Å². The van der Waals surface area contributed by atoms with Gasteiger partial charge in [-0.2, -0.15) is 0 Å². The molecule has 0 amide bonds. The van der Waals surface area contributed by atoms with E-state index in [1.165, 1.54) is 0 Å². The number of aliphatic imine (C=N–C) groups is 1. The minimum Gasteiger partial charge on any atom is -0.393 e. The lowest BCUT2D eigenvalue weighted by atomic mass is 9.95. The van der Waals surface area contributed by atoms with Gasteiger partial charge in [-0.3, -0.25) is 9.20 Å². The van der Waals surface area contributed by atoms with Gasteiger partial charge in [0.15, 0.2) is 5.96 Å². The number of halogens is 1. The summed E-state index contributed by atoms with van der Waals surface area (Å²) in [6.07, 6.45) is 7.22. The number of nitrogens with one attached hydrogen (secondary N) is 2. The van der Waals surface area contributed by atoms with Gasteiger partial charge in [-0.05, 0) is 39.0 Å². The first-order valence-electron chi connectivity index (χ1n) is 9.24. The van der Waals surface area contributed by atoms with E-state index in [9.17, 15) is 9.32 Å². The summed E-state index contributed by atoms with van der Waals surface area (Å²) in [5.41, 5.74) is 0. The molecule has 0 aromatic carbocycles. The third-order valence-corrected chi connectivity index (χ3v) is 6.81. The van der Waals surface area contributed by atoms with Crippen LogP contribution in [0.15, 0.2) is 4.99 Å². The summed E-state index contributed by atoms with van der Waals surface area (Å²) in [4.78, 5) is 4.69. The highest BCUT2D eigenvalue weighted by atomic mass is 127. The number of rotatable bonds is 6. The maximum Gasteiger partial charge on any atom is 0.191 e. The van der Waals surface area contributed by atoms with Gasteiger partial charge in [0.05, 0.1) is 6.10 Å². The Morgan fingerprint density at radius 3 is 2.58 bits per heavy atom. The van der Waals surface area contributed by atoms with Gasteiger partial charge < -0.3 is 15.7 Å². The van der Waals surface area contributed by atoms with E-state index in [2.05, 4.69) is 22.5 Å². The first-order chi connectivity index (χ1) is 11.1. The summed E-state index contributed by atoms with van der Waals surface area (Å²) < 4.78 is 12.1. The number of hydrogen-bond donors (Lipinski definition) is 3. The van der Waals surface area contributed by atoms with Gasteiger partial charge >= 0.3 is 0 Å². The third kappa shape index (κ3) is 6.78. The van der Waals surface area contributed by atoms with Crippen molar-refractivity contribution in [3.8, 4) is 0 Å². The van der Waals surface area contributed by atoms with Crippen LogP contribution in [0.25, 0.3) is 0 Å². The Bertz CT molecular complexity index is 423. The summed E-state index contributed by atoms with van der Waals surface area (Å²) >= 11 is 0. The molecule has 142 valence electrons. The van der Waals surface area contributed by atoms with Crippen molar-refractivity contribution in [1.29, 1.82) is 0 Å². The Hall–Kier alpha value is 0.110. The van der Waals surface area contributed by atoms with Crippen LogP contribution in [0, 0.1) is 5.92 Å². The smallest absolute Gasteiger partial charge is 0.191 e. The molecular formula is C17H34IN3O2S. The van der Waals surface area contributed by atoms with E-state index in [0.717, 1.165) is 63.2 Å². The van der Waals surface area contributed by atoms with Gasteiger partial charge in [-0.1, -0.05) is 19.8 Å². The molecule has 0 radical (unpaired) electrons. The van der Waals surface area contributed by atoms with E-state index >= 15 is 0 Å². The quantitative estimate of drug-likeness (QED) is 0.316. The van der Waals surface area contributed by atoms with Crippen molar-refractivity contribution in [2.24, 2.45) is 10.9 Å². The highest BCUT2D eigenvalue weighted by Gasteiger charge is 2.27. The molecule has 5 unspecified atom stereocenters. The Labute approximate surface area is 166 Å². The van der Waals surface area contributed by atoms with Gasteiger partial charge in [-0.25, -0.2) is 0 Å². The summed E-state index contributed by atoms with van der Waals surface area (Å²) in [5, 5.41) is 17.1. The summed E-state index contributed by atoms with van der Waals surface area (Å²) in [7, 11) is -0.696. The van der Waals surface area contributed by atoms with Gasteiger partial charge in [-0.15, -0.1) is 24.0 Å². The zero-order valence-corrected chi connectivity index (χ0v) is 18.1. The van der Waals surface area contributed by atoms with Crippen molar-refractivity contribution in [3.05, 3.63) is 0 Å². The van der Waals surface area contributed by atoms with Crippen LogP contribution in [-0.2, 0) is 10.8 Å². The lowest BCUT2D eigenvalue weighted by Crippen LogP contribution is -2.47. The summed E-state index contributed by atoms with van der Waals surface area (Å²) in [6, 6.07) is 0.357. The first kappa shape index (κ1) is 22.2. The Morgan fingerprint density at radius 2 is 1.96 bits per heavy atom. The molecule has 0 aliphatic heterocycles. The molecule has 2 saturated carbocycles. The molecule has 0 heterocycles. The minimum absolute atomic E-state index is 0. The third-order valence-electron chi connectivity index (χ3n) is 5.07. The van der Waals surface area contributed by atoms with Gasteiger partial charge in [0.25, 0.3) is 0 Å². The molecule has 2 fully saturated rings. The topological polar surface area (TPSA) is 73.7 Å². The molecule has 5 atom stereocenters. The van der Waals surface area contributed by atoms with Crippen LogP contribution >= 0.6 is 24.0 Å². The average Bonchev–Trinajstić information content (AvgIpc) is 2.97. The summed E-state index contributed by atoms with van der Waals surface area (Å²) in [5.74, 6) is 1.90. The van der Waals surface area contributed by atoms with Crippen LogP contribution in [0.1, 0.15) is 58.8 Å². The summed E-state index contributed by atoms with van der Waals surface area (Å²) in [6.45, 7) is 5.59. The second-order valence-corrected chi connectivity index (χ2v) is 8.78. The predicted octanol–water partition coefficient (Wildman–Crippen LogP) is 2.40. The number of nitrogens with zero attached hydrogens (tertiary/aromatic N) is 1. The number of aliphatic hydroxyl groups is 1. The van der Waals surface area contributed by atoms with Crippen LogP contribution < -0.4 is 10.6 Å². The van der Waals surface area contributed by atoms with Gasteiger partial charge in [0.1, 0.15) is 0 Å². The van der Waals surface area contributed by atoms with E-state index in [1.807, 2.05) is 6.92 Å². The molecule has 0 aromatic heterocycles. The standard InChI is InChI=1S/C17H33N3O2S.HI/c1-3-18-17(19-12-13-7-5-10-16(13)21)20-14-8-6-9-15(11-14)23(22)4-2;/h13-16,21H,3-12H2,1-2H3,(H2,18,19,20);1H. The lowest BCUT2D eigenvalue weighted by molar-refractivity contribution is 0.136. The normalized spacial score (nSPS) is 32.0. The molecule has 2 aliphatic rings. The van der Waals surface area contributed by atoms with Crippen molar-refractivity contribution < 1.29 is 9.32 Å². The van der Waals surface area contributed by atoms with Crippen molar-refractivity contribution in [1.82, 2.24) is 10.6 Å². The van der Waals surface area contributed by atoms with Crippen LogP contribution in [0.5, 0.6) is 0 Å². The van der Waals surface area contributed by atoms with E-state index in [4.69, 9.17) is 0 Å². The number of aliphatic hydroxyl groups excluding tert-OH is 1. The molecule has 3 N–H and O–H groups in total. The molecule has 7 heteroatoms. The molecular weight excluding hydrogens is 437 g/mol. The van der Waals surface area contributed by atoms with E-state index in [-0.39, 0.29) is 30.1 Å². The largest absolute Gasteiger partial charge is 0.393 e. The number of guanidine groups is 1. The molecule has 5 nitrogen and oxygen atoms in total. The van der Waals surface area contributed by atoms with Crippen LogP contribution in [0.3, 0.4) is 0 Å². The van der Waals surface area contributed by atoms with E-state index in [0.29, 0.717) is 23.8 Å². The minimum atomic E-state index is -0.696. The van der Waals surface area contributed by atoms with Crippen LogP contribution in [0.2, 0.25) is 0 Å². The highest BCUT2D eigenvalue weighted by Crippen LogP contribution is 2.26. The zero-order chi connectivity index (χ0) is 16.7. The second-order valence-electron chi connectivity index (χ2n) is 6.78. The highest BCUT2D eigenvalue weighted by molar-refractivity contribution is 14.0. The average molecular weight is 471 g/mol. The molecule has 2 rings (SSSR count). The molecule has 0 aromatic rings. The second kappa shape index (κ2) is 11.7. The Kier molecular flexibility index (Phi) is 10.8. The Morgan fingerprint density at radius 1 is 1.21 bits per heavy atom. The molecule has 0 spiro atoms. The van der Waals surface area contributed by atoms with Crippen molar-refractivity contribution >= 4 is 40.7 Å². The van der Waals surface area contributed by atoms with Crippen LogP contribution in [0.4, 0.5) is 0 Å². The fourth-order valence-electron chi connectivity index (χ4n) is 3.70. The maximum absolute atomic E-state index is 12.1. The monoisotopic (exact) mass is 471 g/mol. The van der Waals surface area contributed by atoms with Crippen molar-refractivity contribution in [2.75, 3.05) is 18.8 Å². The molecule has 0 bridgehead atoms. The van der Waals surface area contributed by atoms with Crippen molar-refractivity contribution in [3.63, 3.8) is 0 Å². The predicted molar refractivity (Wildman–Crippen MR) is 113 cm³/mol. The Balaban J connectivity index is 0.00000288. The van der Waals surface area contributed by atoms with E-state index < -0.39 is 10.8 Å². The van der Waals surface area contributed by atoms with Crippen molar-refractivity contribution in [2.45, 2.75) is 76.2 Å². The SMILES string of the molecule is CCNC(=NCC1CCCC1O)NC1CCCC(S(=O)CC)C1.I. The lowest BCUT2D eigenvalue weighted by Gasteiger charge is -2.30. The first-order valence-corrected chi connectivity index (χ1v) is 10.6.